The van der Waals surface area contributed by atoms with Crippen molar-refractivity contribution >= 4 is 62.5 Å². The van der Waals surface area contributed by atoms with Gasteiger partial charge >= 0.3 is 0 Å². The first kappa shape index (κ1) is 25.9. The average molecular weight is 628 g/mol. The summed E-state index contributed by atoms with van der Waals surface area (Å²) in [6.07, 6.45) is 3.78. The van der Waals surface area contributed by atoms with E-state index in [9.17, 15) is 18.8 Å². The maximum Gasteiger partial charge on any atom is 0.238 e. The fraction of sp³-hybridized carbons (Fsp3) is 0.121. The van der Waals surface area contributed by atoms with Gasteiger partial charge in [-0.1, -0.05) is 70.0 Å². The van der Waals surface area contributed by atoms with E-state index in [0.717, 1.165) is 10.0 Å². The van der Waals surface area contributed by atoms with Gasteiger partial charge in [0.05, 0.1) is 12.0 Å². The molecule has 202 valence electrons. The summed E-state index contributed by atoms with van der Waals surface area (Å²) in [5.74, 6) is -2.69. The maximum atomic E-state index is 14.7. The van der Waals surface area contributed by atoms with Gasteiger partial charge in [0.15, 0.2) is 11.6 Å². The smallest absolute Gasteiger partial charge is 0.238 e. The van der Waals surface area contributed by atoms with Crippen molar-refractivity contribution in [1.82, 2.24) is 0 Å². The number of amides is 1. The number of ketones is 2. The van der Waals surface area contributed by atoms with Gasteiger partial charge in [-0.15, -0.1) is 0 Å². The van der Waals surface area contributed by atoms with Crippen LogP contribution < -0.4 is 10.2 Å². The quantitative estimate of drug-likeness (QED) is 0.245. The standard InChI is InChI=1S/C33H21BrClFN2O3/c34-21-10-5-19(6-11-21)31(40)29-28(30(39)18-7-13-23(36)14-8-18)33(24-3-1-2-4-25(24)37-32(33)41)27-16-9-20-17-22(35)12-15-26(20)38(27)29/h1-17,27-29H,(H,37,41)/t27-,28+,29-,33+/m0/s1. The zero-order chi connectivity index (χ0) is 28.5. The number of carbonyl (C=O) groups is 3. The van der Waals surface area contributed by atoms with Crippen molar-refractivity contribution in [1.29, 1.82) is 0 Å². The monoisotopic (exact) mass is 626 g/mol. The van der Waals surface area contributed by atoms with Gasteiger partial charge in [0.25, 0.3) is 0 Å². The summed E-state index contributed by atoms with van der Waals surface area (Å²) in [6.45, 7) is 0. The van der Waals surface area contributed by atoms with Crippen molar-refractivity contribution in [3.63, 3.8) is 0 Å². The Morgan fingerprint density at radius 3 is 2.34 bits per heavy atom. The number of rotatable bonds is 4. The third kappa shape index (κ3) is 3.76. The van der Waals surface area contributed by atoms with Gasteiger partial charge in [0.1, 0.15) is 17.3 Å². The molecule has 0 unspecified atom stereocenters. The fourth-order valence-corrected chi connectivity index (χ4v) is 7.17. The van der Waals surface area contributed by atoms with E-state index in [1.165, 1.54) is 24.3 Å². The predicted octanol–water partition coefficient (Wildman–Crippen LogP) is 7.10. The maximum absolute atomic E-state index is 14.7. The Kier molecular flexibility index (Phi) is 5.99. The fourth-order valence-electron chi connectivity index (χ4n) is 6.73. The Hall–Kier alpha value is -4.07. The topological polar surface area (TPSA) is 66.5 Å². The number of Topliss-reactive ketones (excluding diaryl/α,β-unsaturated/α-hetero) is 2. The number of nitrogens with one attached hydrogen (secondary N) is 1. The number of carbonyl (C=O) groups excluding carboxylic acids is 3. The molecule has 0 aromatic heterocycles. The van der Waals surface area contributed by atoms with Crippen LogP contribution in [0.5, 0.6) is 0 Å². The van der Waals surface area contributed by atoms with Crippen molar-refractivity contribution in [2.75, 3.05) is 10.2 Å². The number of benzene rings is 4. The van der Waals surface area contributed by atoms with Gasteiger partial charge in [-0.2, -0.15) is 0 Å². The summed E-state index contributed by atoms with van der Waals surface area (Å²) in [6, 6.07) is 23.1. The summed E-state index contributed by atoms with van der Waals surface area (Å²) in [5.41, 5.74) is 1.91. The number of fused-ring (bicyclic) bond motifs is 6. The summed E-state index contributed by atoms with van der Waals surface area (Å²) < 4.78 is 14.7. The van der Waals surface area contributed by atoms with E-state index in [1.807, 2.05) is 41.3 Å². The molecular formula is C33H21BrClFN2O3. The molecule has 1 N–H and O–H groups in total. The summed E-state index contributed by atoms with van der Waals surface area (Å²) in [4.78, 5) is 45.5. The molecule has 3 aliphatic heterocycles. The highest BCUT2D eigenvalue weighted by molar-refractivity contribution is 9.10. The van der Waals surface area contributed by atoms with Crippen LogP contribution in [0.4, 0.5) is 15.8 Å². The van der Waals surface area contributed by atoms with Crippen LogP contribution in [-0.2, 0) is 10.2 Å². The second-order valence-electron chi connectivity index (χ2n) is 10.4. The highest BCUT2D eigenvalue weighted by atomic mass is 79.9. The molecule has 1 fully saturated rings. The van der Waals surface area contributed by atoms with Crippen LogP contribution in [-0.4, -0.2) is 29.6 Å². The lowest BCUT2D eigenvalue weighted by atomic mass is 9.64. The molecule has 7 rings (SSSR count). The molecule has 5 nitrogen and oxygen atoms in total. The van der Waals surface area contributed by atoms with Crippen molar-refractivity contribution < 1.29 is 18.8 Å². The van der Waals surface area contributed by atoms with Crippen molar-refractivity contribution in [2.45, 2.75) is 17.5 Å². The van der Waals surface area contributed by atoms with Crippen molar-refractivity contribution in [3.05, 3.63) is 135 Å². The summed E-state index contributed by atoms with van der Waals surface area (Å²) >= 11 is 9.77. The second kappa shape index (κ2) is 9.50. The lowest BCUT2D eigenvalue weighted by Crippen LogP contribution is -2.51. The van der Waals surface area contributed by atoms with Gasteiger partial charge in [0, 0.05) is 32.0 Å². The number of halogens is 3. The first-order valence-electron chi connectivity index (χ1n) is 13.1. The average Bonchev–Trinajstić information content (AvgIpc) is 3.45. The van der Waals surface area contributed by atoms with E-state index in [1.54, 1.807) is 42.5 Å². The molecule has 3 heterocycles. The minimum atomic E-state index is -1.44. The van der Waals surface area contributed by atoms with E-state index < -0.39 is 35.0 Å². The van der Waals surface area contributed by atoms with Gasteiger partial charge in [-0.25, -0.2) is 4.39 Å². The van der Waals surface area contributed by atoms with E-state index in [-0.39, 0.29) is 17.3 Å². The molecule has 3 aliphatic rings. The van der Waals surface area contributed by atoms with Gasteiger partial charge in [-0.3, -0.25) is 14.4 Å². The molecule has 0 aliphatic carbocycles. The number of hydrogen-bond donors (Lipinski definition) is 1. The normalized spacial score (nSPS) is 23.6. The lowest BCUT2D eigenvalue weighted by Gasteiger charge is -2.37. The van der Waals surface area contributed by atoms with E-state index in [4.69, 9.17) is 11.6 Å². The van der Waals surface area contributed by atoms with Crippen LogP contribution in [0.1, 0.15) is 31.8 Å². The molecule has 41 heavy (non-hydrogen) atoms. The predicted molar refractivity (Wildman–Crippen MR) is 160 cm³/mol. The van der Waals surface area contributed by atoms with E-state index in [0.29, 0.717) is 27.5 Å². The number of anilines is 2. The zero-order valence-corrected chi connectivity index (χ0v) is 23.7. The number of hydrogen-bond acceptors (Lipinski definition) is 4. The van der Waals surface area contributed by atoms with Crippen LogP contribution in [0.15, 0.2) is 102 Å². The molecule has 0 bridgehead atoms. The van der Waals surface area contributed by atoms with E-state index >= 15 is 0 Å². The van der Waals surface area contributed by atoms with Crippen LogP contribution in [0.25, 0.3) is 6.08 Å². The zero-order valence-electron chi connectivity index (χ0n) is 21.4. The SMILES string of the molecule is O=C(c1ccc(Br)cc1)[C@@H]1[C@H](C(=O)c2ccc(F)cc2)[C@]2(C(=O)Nc3ccccc32)[C@@H]2C=Cc3cc(Cl)ccc3N12. The molecule has 4 atom stereocenters. The molecule has 4 aromatic carbocycles. The number of nitrogens with zero attached hydrogens (tertiary/aromatic N) is 1. The molecular weight excluding hydrogens is 607 g/mol. The lowest BCUT2D eigenvalue weighted by molar-refractivity contribution is -0.121. The summed E-state index contributed by atoms with van der Waals surface area (Å²) in [5, 5.41) is 3.53. The minimum Gasteiger partial charge on any atom is -0.352 e. The first-order valence-corrected chi connectivity index (χ1v) is 14.2. The third-order valence-electron chi connectivity index (χ3n) is 8.40. The Morgan fingerprint density at radius 1 is 0.902 bits per heavy atom. The minimum absolute atomic E-state index is 0.224. The van der Waals surface area contributed by atoms with Crippen LogP contribution >= 0.6 is 27.5 Å². The highest BCUT2D eigenvalue weighted by Gasteiger charge is 2.70. The molecule has 1 amide bonds. The Labute approximate surface area is 248 Å². The van der Waals surface area contributed by atoms with Crippen LogP contribution in [0.2, 0.25) is 5.02 Å². The molecule has 8 heteroatoms. The number of para-hydroxylation sites is 1. The largest absolute Gasteiger partial charge is 0.352 e. The highest BCUT2D eigenvalue weighted by Crippen LogP contribution is 2.58. The Balaban J connectivity index is 1.53. The van der Waals surface area contributed by atoms with Crippen LogP contribution in [0, 0.1) is 11.7 Å². The Bertz CT molecular complexity index is 1790. The Morgan fingerprint density at radius 2 is 1.59 bits per heavy atom. The van der Waals surface area contributed by atoms with Crippen molar-refractivity contribution in [2.24, 2.45) is 5.92 Å². The van der Waals surface area contributed by atoms with Gasteiger partial charge in [-0.05, 0) is 71.8 Å². The molecule has 0 saturated carbocycles. The molecule has 0 radical (unpaired) electrons. The van der Waals surface area contributed by atoms with Gasteiger partial charge < -0.3 is 10.2 Å². The second-order valence-corrected chi connectivity index (χ2v) is 11.8. The summed E-state index contributed by atoms with van der Waals surface area (Å²) in [7, 11) is 0. The van der Waals surface area contributed by atoms with Crippen LogP contribution in [0.3, 0.4) is 0 Å². The third-order valence-corrected chi connectivity index (χ3v) is 9.17. The van der Waals surface area contributed by atoms with E-state index in [2.05, 4.69) is 21.2 Å². The van der Waals surface area contributed by atoms with Crippen molar-refractivity contribution in [3.8, 4) is 0 Å². The molecule has 1 saturated heterocycles. The molecule has 1 spiro atoms. The first-order chi connectivity index (χ1) is 19.8. The molecule has 4 aromatic rings. The van der Waals surface area contributed by atoms with Gasteiger partial charge in [0.2, 0.25) is 5.91 Å².